The molecule has 162 valence electrons. The van der Waals surface area contributed by atoms with Crippen molar-refractivity contribution in [3.8, 4) is 0 Å². The molecule has 28 heavy (non-hydrogen) atoms. The summed E-state index contributed by atoms with van der Waals surface area (Å²) in [5, 5.41) is 2.72. The van der Waals surface area contributed by atoms with E-state index in [2.05, 4.69) is 28.6 Å². The van der Waals surface area contributed by atoms with Crippen molar-refractivity contribution in [2.75, 3.05) is 19.3 Å². The van der Waals surface area contributed by atoms with E-state index >= 15 is 0 Å². The first-order chi connectivity index (χ1) is 13.0. The standard InChI is InChI=1S/C21H41NO4S.Na.H/c1-3-4-5-6-7-8-9-10-11-12-13-14-15-16-17-18-21(23)26-27(24,25)20-19-22-2;;/h10-11,22H,3-9,12-20H2,1-2H3;;/q;+1;-1/b11-10-;;. The van der Waals surface area contributed by atoms with Crippen LogP contribution in [0.5, 0.6) is 0 Å². The number of hydrogen-bond acceptors (Lipinski definition) is 5. The van der Waals surface area contributed by atoms with Gasteiger partial charge in [0.05, 0.1) is 5.75 Å². The van der Waals surface area contributed by atoms with Gasteiger partial charge in [-0.05, 0) is 39.2 Å². The third-order valence-corrected chi connectivity index (χ3v) is 5.61. The van der Waals surface area contributed by atoms with Gasteiger partial charge in [-0.2, -0.15) is 8.42 Å². The smallest absolute Gasteiger partial charge is 1.00 e. The SMILES string of the molecule is CCCCCCCC/C=C\CCCCCCCC(=O)OS(=O)(=O)CCNC.[H-].[Na+]. The first kappa shape index (κ1) is 30.3. The van der Waals surface area contributed by atoms with Gasteiger partial charge in [-0.1, -0.05) is 70.4 Å². The first-order valence-corrected chi connectivity index (χ1v) is 12.3. The Balaban J connectivity index is -0.00000338. The Morgan fingerprint density at radius 3 is 1.93 bits per heavy atom. The average Bonchev–Trinajstić information content (AvgIpc) is 2.63. The summed E-state index contributed by atoms with van der Waals surface area (Å²) in [6, 6.07) is 0. The van der Waals surface area contributed by atoms with Crippen LogP contribution in [0.15, 0.2) is 12.2 Å². The van der Waals surface area contributed by atoms with Crippen molar-refractivity contribution in [2.45, 2.75) is 96.8 Å². The molecule has 0 bridgehead atoms. The number of carbonyl (C=O) groups excluding carboxylic acids is 1. The van der Waals surface area contributed by atoms with Gasteiger partial charge in [-0.15, -0.1) is 0 Å². The van der Waals surface area contributed by atoms with Crippen LogP contribution in [-0.2, 0) is 19.1 Å². The van der Waals surface area contributed by atoms with Crippen LogP contribution < -0.4 is 34.9 Å². The molecule has 0 heterocycles. The van der Waals surface area contributed by atoms with E-state index in [0.29, 0.717) is 6.42 Å². The van der Waals surface area contributed by atoms with Gasteiger partial charge in [-0.3, -0.25) is 4.79 Å². The van der Waals surface area contributed by atoms with Gasteiger partial charge in [0.25, 0.3) is 0 Å². The molecule has 5 nitrogen and oxygen atoms in total. The molecule has 0 unspecified atom stereocenters. The summed E-state index contributed by atoms with van der Waals surface area (Å²) in [4.78, 5) is 11.5. The minimum Gasteiger partial charge on any atom is -1.00 e. The molecule has 0 aliphatic carbocycles. The quantitative estimate of drug-likeness (QED) is 0.148. The predicted octanol–water partition coefficient (Wildman–Crippen LogP) is 2.23. The summed E-state index contributed by atoms with van der Waals surface area (Å²) in [5.74, 6) is -0.814. The molecule has 7 heteroatoms. The van der Waals surface area contributed by atoms with Gasteiger partial charge in [0, 0.05) is 13.0 Å². The van der Waals surface area contributed by atoms with Crippen molar-refractivity contribution in [3.63, 3.8) is 0 Å². The summed E-state index contributed by atoms with van der Waals surface area (Å²) >= 11 is 0. The number of hydrogen-bond donors (Lipinski definition) is 1. The van der Waals surface area contributed by atoms with Gasteiger partial charge >= 0.3 is 45.6 Å². The third-order valence-electron chi connectivity index (χ3n) is 4.46. The molecule has 1 N–H and O–H groups in total. The molecule has 0 aromatic rings. The zero-order valence-electron chi connectivity index (χ0n) is 19.5. The molecule has 0 saturated carbocycles. The van der Waals surface area contributed by atoms with E-state index in [1.165, 1.54) is 51.4 Å². The molecule has 0 aliphatic heterocycles. The van der Waals surface area contributed by atoms with Crippen molar-refractivity contribution in [1.82, 2.24) is 5.32 Å². The molecule has 0 saturated heterocycles. The fraction of sp³-hybridized carbons (Fsp3) is 0.857. The minimum absolute atomic E-state index is 0. The number of rotatable bonds is 19. The van der Waals surface area contributed by atoms with Crippen molar-refractivity contribution in [2.24, 2.45) is 0 Å². The maximum atomic E-state index is 11.5. The van der Waals surface area contributed by atoms with Gasteiger partial charge in [-0.25, -0.2) is 0 Å². The van der Waals surface area contributed by atoms with Crippen molar-refractivity contribution >= 4 is 16.1 Å². The van der Waals surface area contributed by atoms with Crippen LogP contribution in [0.1, 0.15) is 98.2 Å². The van der Waals surface area contributed by atoms with Gasteiger partial charge in [0.2, 0.25) is 0 Å². The Hall–Kier alpha value is 0.120. The molecule has 0 fully saturated rings. The minimum atomic E-state index is -3.73. The first-order valence-electron chi connectivity index (χ1n) is 10.8. The van der Waals surface area contributed by atoms with E-state index < -0.39 is 16.1 Å². The maximum absolute atomic E-state index is 11.5. The van der Waals surface area contributed by atoms with E-state index in [9.17, 15) is 13.2 Å². The molecule has 0 aromatic carbocycles. The molecule has 0 radical (unpaired) electrons. The van der Waals surface area contributed by atoms with Crippen LogP contribution in [-0.4, -0.2) is 33.7 Å². The summed E-state index contributed by atoms with van der Waals surface area (Å²) in [5.41, 5.74) is 0. The second-order valence-corrected chi connectivity index (χ2v) is 8.85. The van der Waals surface area contributed by atoms with E-state index in [4.69, 9.17) is 0 Å². The van der Waals surface area contributed by atoms with Crippen LogP contribution in [0.4, 0.5) is 0 Å². The molecule has 0 atom stereocenters. The molecule has 0 aromatic heterocycles. The van der Waals surface area contributed by atoms with E-state index in [1.54, 1.807) is 7.05 Å². The van der Waals surface area contributed by atoms with E-state index in [-0.39, 0.29) is 49.7 Å². The number of unbranched alkanes of at least 4 members (excludes halogenated alkanes) is 11. The monoisotopic (exact) mass is 427 g/mol. The summed E-state index contributed by atoms with van der Waals surface area (Å²) in [6.07, 6.45) is 20.2. The zero-order chi connectivity index (χ0) is 20.2. The largest absolute Gasteiger partial charge is 1.00 e. The van der Waals surface area contributed by atoms with Gasteiger partial charge in [0.1, 0.15) is 0 Å². The van der Waals surface area contributed by atoms with Crippen molar-refractivity contribution < 1.29 is 48.4 Å². The van der Waals surface area contributed by atoms with Gasteiger partial charge in [0.15, 0.2) is 0 Å². The predicted molar refractivity (Wildman–Crippen MR) is 114 cm³/mol. The fourth-order valence-corrected chi connectivity index (χ4v) is 3.70. The van der Waals surface area contributed by atoms with Crippen LogP contribution >= 0.6 is 0 Å². The van der Waals surface area contributed by atoms with Crippen LogP contribution in [0, 0.1) is 0 Å². The second kappa shape index (κ2) is 21.8. The molecule has 0 spiro atoms. The normalized spacial score (nSPS) is 11.5. The van der Waals surface area contributed by atoms with Crippen molar-refractivity contribution in [1.29, 1.82) is 0 Å². The Kier molecular flexibility index (Phi) is 23.6. The Labute approximate surface area is 197 Å². The third kappa shape index (κ3) is 22.4. The fourth-order valence-electron chi connectivity index (χ4n) is 2.79. The van der Waals surface area contributed by atoms with Gasteiger partial charge < -0.3 is 10.9 Å². The molecule has 0 rings (SSSR count). The number of nitrogens with one attached hydrogen (secondary N) is 1. The van der Waals surface area contributed by atoms with E-state index in [1.807, 2.05) is 0 Å². The van der Waals surface area contributed by atoms with Crippen LogP contribution in [0.3, 0.4) is 0 Å². The summed E-state index contributed by atoms with van der Waals surface area (Å²) < 4.78 is 27.5. The molecule has 0 amide bonds. The number of allylic oxidation sites excluding steroid dienone is 2. The Morgan fingerprint density at radius 1 is 0.893 bits per heavy atom. The van der Waals surface area contributed by atoms with Crippen LogP contribution in [0.25, 0.3) is 0 Å². The maximum Gasteiger partial charge on any atom is 1.00 e. The second-order valence-electron chi connectivity index (χ2n) is 7.15. The molecular formula is C21H42NNaO4S. The van der Waals surface area contributed by atoms with Crippen LogP contribution in [0.2, 0.25) is 0 Å². The Morgan fingerprint density at radius 2 is 1.39 bits per heavy atom. The topological polar surface area (TPSA) is 72.5 Å². The molecule has 0 aliphatic rings. The zero-order valence-corrected chi connectivity index (χ0v) is 21.3. The Bertz CT molecular complexity index is 487. The average molecular weight is 428 g/mol. The van der Waals surface area contributed by atoms with Crippen molar-refractivity contribution in [3.05, 3.63) is 12.2 Å². The summed E-state index contributed by atoms with van der Waals surface area (Å²) in [6.45, 7) is 2.53. The van der Waals surface area contributed by atoms with E-state index in [0.717, 1.165) is 25.7 Å². The summed E-state index contributed by atoms with van der Waals surface area (Å²) in [7, 11) is -2.08. The number of carbonyl (C=O) groups is 1. The molecular weight excluding hydrogens is 385 g/mol.